The average molecular weight is 398 g/mol. The lowest BCUT2D eigenvalue weighted by atomic mass is 10.1. The Bertz CT molecular complexity index is 812. The van der Waals surface area contributed by atoms with Crippen molar-refractivity contribution in [3.63, 3.8) is 0 Å². The Balaban J connectivity index is 1.85. The highest BCUT2D eigenvalue weighted by Crippen LogP contribution is 2.25. The van der Waals surface area contributed by atoms with Crippen LogP contribution in [-0.4, -0.2) is 15.2 Å². The quantitative estimate of drug-likeness (QED) is 0.628. The molecule has 1 heterocycles. The van der Waals surface area contributed by atoms with E-state index in [-0.39, 0.29) is 0 Å². The highest BCUT2D eigenvalue weighted by Gasteiger charge is 2.09. The van der Waals surface area contributed by atoms with Gasteiger partial charge in [0.05, 0.1) is 10.7 Å². The fourth-order valence-electron chi connectivity index (χ4n) is 2.09. The molecule has 0 saturated carbocycles. The van der Waals surface area contributed by atoms with Gasteiger partial charge in [-0.2, -0.15) is 5.10 Å². The van der Waals surface area contributed by atoms with Gasteiger partial charge in [0.15, 0.2) is 5.82 Å². The van der Waals surface area contributed by atoms with Crippen molar-refractivity contribution in [1.29, 1.82) is 0 Å². The molecule has 0 radical (unpaired) electrons. The monoisotopic (exact) mass is 396 g/mol. The van der Waals surface area contributed by atoms with Crippen molar-refractivity contribution >= 4 is 44.8 Å². The minimum absolute atomic E-state index is 0.504. The summed E-state index contributed by atoms with van der Waals surface area (Å²) in [7, 11) is 0. The molecule has 0 unspecified atom stereocenters. The zero-order chi connectivity index (χ0) is 15.7. The molecule has 2 aromatic carbocycles. The van der Waals surface area contributed by atoms with E-state index in [1.54, 1.807) is 12.1 Å². The van der Waals surface area contributed by atoms with Crippen LogP contribution in [0.4, 0.5) is 5.69 Å². The Kier molecular flexibility index (Phi) is 4.38. The molecular formula is C15H11BrCl2N4. The first-order valence-electron chi connectivity index (χ1n) is 6.43. The van der Waals surface area contributed by atoms with Gasteiger partial charge < -0.3 is 5.73 Å². The van der Waals surface area contributed by atoms with E-state index in [9.17, 15) is 0 Å². The van der Waals surface area contributed by atoms with Crippen molar-refractivity contribution in [3.05, 3.63) is 62.3 Å². The first kappa shape index (κ1) is 15.3. The van der Waals surface area contributed by atoms with Crippen LogP contribution >= 0.6 is 39.1 Å². The maximum atomic E-state index is 6.05. The third kappa shape index (κ3) is 3.43. The molecule has 0 amide bonds. The van der Waals surface area contributed by atoms with Crippen LogP contribution in [0.5, 0.6) is 0 Å². The lowest BCUT2D eigenvalue weighted by molar-refractivity contribution is 0.972. The summed E-state index contributed by atoms with van der Waals surface area (Å²) in [6.45, 7) is 0. The van der Waals surface area contributed by atoms with E-state index in [0.717, 1.165) is 21.4 Å². The van der Waals surface area contributed by atoms with Crippen LogP contribution in [0.15, 0.2) is 40.9 Å². The van der Waals surface area contributed by atoms with Gasteiger partial charge in [-0.15, -0.1) is 0 Å². The molecule has 112 valence electrons. The van der Waals surface area contributed by atoms with Gasteiger partial charge >= 0.3 is 0 Å². The zero-order valence-electron chi connectivity index (χ0n) is 11.3. The van der Waals surface area contributed by atoms with Crippen molar-refractivity contribution in [1.82, 2.24) is 15.2 Å². The number of hydrogen-bond donors (Lipinski definition) is 2. The SMILES string of the molecule is Nc1cc(-c2n[nH]c(Cc3cc(Cl)cc(Br)c3)n2)ccc1Cl. The first-order valence-corrected chi connectivity index (χ1v) is 7.98. The molecular weight excluding hydrogens is 387 g/mol. The topological polar surface area (TPSA) is 67.6 Å². The second-order valence-corrected chi connectivity index (χ2v) is 6.56. The van der Waals surface area contributed by atoms with E-state index in [4.69, 9.17) is 28.9 Å². The van der Waals surface area contributed by atoms with Crippen molar-refractivity contribution < 1.29 is 0 Å². The third-order valence-electron chi connectivity index (χ3n) is 3.08. The smallest absolute Gasteiger partial charge is 0.181 e. The lowest BCUT2D eigenvalue weighted by Crippen LogP contribution is -1.91. The highest BCUT2D eigenvalue weighted by molar-refractivity contribution is 9.10. The summed E-state index contributed by atoms with van der Waals surface area (Å²) in [4.78, 5) is 4.48. The Hall–Kier alpha value is -1.56. The minimum Gasteiger partial charge on any atom is -0.398 e. The number of nitrogens with zero attached hydrogens (tertiary/aromatic N) is 2. The normalized spacial score (nSPS) is 10.9. The van der Waals surface area contributed by atoms with Crippen LogP contribution in [-0.2, 0) is 6.42 Å². The number of halogens is 3. The molecule has 4 nitrogen and oxygen atoms in total. The van der Waals surface area contributed by atoms with E-state index in [1.807, 2.05) is 24.3 Å². The summed E-state index contributed by atoms with van der Waals surface area (Å²) < 4.78 is 0.931. The second-order valence-electron chi connectivity index (χ2n) is 4.80. The number of nitrogens with two attached hydrogens (primary N) is 1. The number of benzene rings is 2. The highest BCUT2D eigenvalue weighted by atomic mass is 79.9. The van der Waals surface area contributed by atoms with Gasteiger partial charge in [0.1, 0.15) is 5.82 Å². The van der Waals surface area contributed by atoms with Gasteiger partial charge in [0.25, 0.3) is 0 Å². The Labute approximate surface area is 145 Å². The Morgan fingerprint density at radius 2 is 1.95 bits per heavy atom. The predicted molar refractivity (Wildman–Crippen MR) is 93.2 cm³/mol. The molecule has 0 fully saturated rings. The molecule has 0 aliphatic heterocycles. The minimum atomic E-state index is 0.504. The van der Waals surface area contributed by atoms with Crippen LogP contribution in [0, 0.1) is 0 Å². The summed E-state index contributed by atoms with van der Waals surface area (Å²) in [5.41, 5.74) is 8.16. The summed E-state index contributed by atoms with van der Waals surface area (Å²) >= 11 is 15.4. The van der Waals surface area contributed by atoms with E-state index in [2.05, 4.69) is 31.1 Å². The van der Waals surface area contributed by atoms with Crippen LogP contribution < -0.4 is 5.73 Å². The summed E-state index contributed by atoms with van der Waals surface area (Å²) in [5.74, 6) is 1.33. The number of anilines is 1. The molecule has 0 bridgehead atoms. The largest absolute Gasteiger partial charge is 0.398 e. The fraction of sp³-hybridized carbons (Fsp3) is 0.0667. The van der Waals surface area contributed by atoms with Crippen LogP contribution in [0.2, 0.25) is 10.0 Å². The second kappa shape index (κ2) is 6.28. The van der Waals surface area contributed by atoms with Gasteiger partial charge in [-0.05, 0) is 42.0 Å². The van der Waals surface area contributed by atoms with Gasteiger partial charge in [0, 0.05) is 21.5 Å². The number of rotatable bonds is 3. The average Bonchev–Trinajstić information content (AvgIpc) is 2.89. The molecule has 0 spiro atoms. The molecule has 0 aliphatic rings. The van der Waals surface area contributed by atoms with Gasteiger partial charge in [-0.1, -0.05) is 39.1 Å². The number of nitrogen functional groups attached to an aromatic ring is 1. The van der Waals surface area contributed by atoms with Crippen molar-refractivity contribution in [2.45, 2.75) is 6.42 Å². The van der Waals surface area contributed by atoms with E-state index in [0.29, 0.717) is 28.0 Å². The molecule has 3 aromatic rings. The van der Waals surface area contributed by atoms with Crippen molar-refractivity contribution in [2.75, 3.05) is 5.73 Å². The van der Waals surface area contributed by atoms with Gasteiger partial charge in [0.2, 0.25) is 0 Å². The van der Waals surface area contributed by atoms with Crippen LogP contribution in [0.1, 0.15) is 11.4 Å². The lowest BCUT2D eigenvalue weighted by Gasteiger charge is -2.01. The molecule has 1 aromatic heterocycles. The maximum absolute atomic E-state index is 6.05. The van der Waals surface area contributed by atoms with Gasteiger partial charge in [-0.25, -0.2) is 4.98 Å². The molecule has 22 heavy (non-hydrogen) atoms. The van der Waals surface area contributed by atoms with E-state index >= 15 is 0 Å². The standard InChI is InChI=1S/C15H11BrCl2N4/c16-10-3-8(4-11(17)7-10)5-14-20-15(22-21-14)9-1-2-12(18)13(19)6-9/h1-4,6-7H,5,19H2,(H,20,21,22). The van der Waals surface area contributed by atoms with Gasteiger partial charge in [-0.3, -0.25) is 5.10 Å². The van der Waals surface area contributed by atoms with Crippen LogP contribution in [0.3, 0.4) is 0 Å². The number of aromatic amines is 1. The number of hydrogen-bond acceptors (Lipinski definition) is 3. The summed E-state index contributed by atoms with van der Waals surface area (Å²) in [5, 5.41) is 8.34. The van der Waals surface area contributed by atoms with Crippen molar-refractivity contribution in [3.8, 4) is 11.4 Å². The Morgan fingerprint density at radius 1 is 1.14 bits per heavy atom. The summed E-state index contributed by atoms with van der Waals surface area (Å²) in [6.07, 6.45) is 0.606. The third-order valence-corrected chi connectivity index (χ3v) is 4.10. The Morgan fingerprint density at radius 3 is 2.68 bits per heavy atom. The van der Waals surface area contributed by atoms with E-state index < -0.39 is 0 Å². The van der Waals surface area contributed by atoms with Crippen molar-refractivity contribution in [2.24, 2.45) is 0 Å². The molecule has 3 rings (SSSR count). The number of H-pyrrole nitrogens is 1. The number of nitrogens with one attached hydrogen (secondary N) is 1. The molecule has 0 aliphatic carbocycles. The predicted octanol–water partition coefficient (Wildman–Crippen LogP) is 4.71. The molecule has 0 saturated heterocycles. The maximum Gasteiger partial charge on any atom is 0.181 e. The first-order chi connectivity index (χ1) is 10.5. The summed E-state index contributed by atoms with van der Waals surface area (Å²) in [6, 6.07) is 11.1. The van der Waals surface area contributed by atoms with Crippen LogP contribution in [0.25, 0.3) is 11.4 Å². The van der Waals surface area contributed by atoms with E-state index in [1.165, 1.54) is 0 Å². The zero-order valence-corrected chi connectivity index (χ0v) is 14.4. The molecule has 3 N–H and O–H groups in total. The molecule has 0 atom stereocenters. The molecule has 7 heteroatoms. The fourth-order valence-corrected chi connectivity index (χ4v) is 3.14. The number of aromatic nitrogens is 3.